The van der Waals surface area contributed by atoms with Gasteiger partial charge in [-0.1, -0.05) is 39.5 Å². The molecule has 1 atom stereocenters. The van der Waals surface area contributed by atoms with E-state index in [9.17, 15) is 0 Å². The molecule has 1 aromatic heterocycles. The van der Waals surface area contributed by atoms with Gasteiger partial charge in [-0.15, -0.1) is 0 Å². The van der Waals surface area contributed by atoms with E-state index in [2.05, 4.69) is 23.4 Å². The van der Waals surface area contributed by atoms with Crippen LogP contribution in [0.4, 0.5) is 0 Å². The summed E-state index contributed by atoms with van der Waals surface area (Å²) >= 11 is 0. The van der Waals surface area contributed by atoms with Crippen molar-refractivity contribution < 1.29 is 5.48 Å². The third-order valence-electron chi connectivity index (χ3n) is 2.74. The van der Waals surface area contributed by atoms with Gasteiger partial charge in [0.05, 0.1) is 6.33 Å². The molecule has 0 aliphatic heterocycles. The lowest BCUT2D eigenvalue weighted by atomic mass is 10.00. The summed E-state index contributed by atoms with van der Waals surface area (Å²) in [5.41, 5.74) is 0. The minimum absolute atomic E-state index is 0. The Labute approximate surface area is 92.8 Å². The van der Waals surface area contributed by atoms with Gasteiger partial charge < -0.3 is 10.0 Å². The molecule has 0 radical (unpaired) electrons. The first kappa shape index (κ1) is 14.2. The van der Waals surface area contributed by atoms with Crippen LogP contribution in [0, 0.1) is 5.92 Å². The maximum Gasteiger partial charge on any atom is 0.0945 e. The number of aromatic nitrogens is 2. The summed E-state index contributed by atoms with van der Waals surface area (Å²) in [6.07, 6.45) is 12.5. The van der Waals surface area contributed by atoms with Gasteiger partial charge in [0.15, 0.2) is 0 Å². The van der Waals surface area contributed by atoms with Crippen LogP contribution in [-0.2, 0) is 6.54 Å². The summed E-state index contributed by atoms with van der Waals surface area (Å²) in [4.78, 5) is 4.04. The van der Waals surface area contributed by atoms with Crippen molar-refractivity contribution >= 4 is 0 Å². The van der Waals surface area contributed by atoms with E-state index in [1.807, 2.05) is 18.7 Å². The van der Waals surface area contributed by atoms with E-state index in [-0.39, 0.29) is 5.48 Å². The first-order chi connectivity index (χ1) is 6.83. The van der Waals surface area contributed by atoms with Gasteiger partial charge >= 0.3 is 0 Å². The van der Waals surface area contributed by atoms with Crippen molar-refractivity contribution in [3.63, 3.8) is 0 Å². The molecular formula is C12H24N2O. The minimum atomic E-state index is 0. The SMILES string of the molecule is CCCCCC(C)CCn1ccnc1.O. The van der Waals surface area contributed by atoms with Gasteiger partial charge in [-0.05, 0) is 12.3 Å². The Hall–Kier alpha value is -0.830. The Morgan fingerprint density at radius 3 is 2.67 bits per heavy atom. The maximum absolute atomic E-state index is 4.04. The van der Waals surface area contributed by atoms with Crippen molar-refractivity contribution in [3.8, 4) is 0 Å². The second kappa shape index (κ2) is 8.48. The molecule has 0 fully saturated rings. The predicted molar refractivity (Wildman–Crippen MR) is 63.8 cm³/mol. The van der Waals surface area contributed by atoms with E-state index in [4.69, 9.17) is 0 Å². The summed E-state index contributed by atoms with van der Waals surface area (Å²) < 4.78 is 2.16. The van der Waals surface area contributed by atoms with Crippen LogP contribution in [-0.4, -0.2) is 15.0 Å². The molecule has 0 saturated carbocycles. The number of rotatable bonds is 7. The van der Waals surface area contributed by atoms with Crippen LogP contribution < -0.4 is 0 Å². The molecule has 1 unspecified atom stereocenters. The highest BCUT2D eigenvalue weighted by molar-refractivity contribution is 4.74. The van der Waals surface area contributed by atoms with Crippen molar-refractivity contribution in [3.05, 3.63) is 18.7 Å². The Morgan fingerprint density at radius 1 is 1.27 bits per heavy atom. The van der Waals surface area contributed by atoms with Gasteiger partial charge in [-0.2, -0.15) is 0 Å². The average molecular weight is 212 g/mol. The number of unbranched alkanes of at least 4 members (excludes halogenated alkanes) is 2. The summed E-state index contributed by atoms with van der Waals surface area (Å²) in [6, 6.07) is 0. The zero-order chi connectivity index (χ0) is 10.2. The topological polar surface area (TPSA) is 49.3 Å². The smallest absolute Gasteiger partial charge is 0.0945 e. The number of nitrogens with zero attached hydrogens (tertiary/aromatic N) is 2. The van der Waals surface area contributed by atoms with Crippen LogP contribution in [0.25, 0.3) is 0 Å². The second-order valence-electron chi connectivity index (χ2n) is 4.19. The third kappa shape index (κ3) is 6.28. The van der Waals surface area contributed by atoms with Gasteiger partial charge in [0.25, 0.3) is 0 Å². The molecule has 1 aromatic rings. The van der Waals surface area contributed by atoms with E-state index in [0.29, 0.717) is 0 Å². The monoisotopic (exact) mass is 212 g/mol. The first-order valence-electron chi connectivity index (χ1n) is 5.78. The molecule has 0 amide bonds. The first-order valence-corrected chi connectivity index (χ1v) is 5.78. The molecule has 0 aliphatic carbocycles. The molecular weight excluding hydrogens is 188 g/mol. The lowest BCUT2D eigenvalue weighted by Crippen LogP contribution is -2.02. The molecule has 3 heteroatoms. The fraction of sp³-hybridized carbons (Fsp3) is 0.750. The molecule has 88 valence electrons. The molecule has 0 bridgehead atoms. The Kier molecular flexibility index (Phi) is 8.01. The highest BCUT2D eigenvalue weighted by Gasteiger charge is 2.01. The zero-order valence-corrected chi connectivity index (χ0v) is 9.95. The van der Waals surface area contributed by atoms with Crippen molar-refractivity contribution in [1.82, 2.24) is 9.55 Å². The Balaban J connectivity index is 0.00000196. The van der Waals surface area contributed by atoms with E-state index < -0.39 is 0 Å². The van der Waals surface area contributed by atoms with E-state index >= 15 is 0 Å². The van der Waals surface area contributed by atoms with E-state index in [0.717, 1.165) is 12.5 Å². The highest BCUT2D eigenvalue weighted by atomic mass is 16.0. The zero-order valence-electron chi connectivity index (χ0n) is 9.95. The van der Waals surface area contributed by atoms with Crippen LogP contribution in [0.2, 0.25) is 0 Å². The fourth-order valence-corrected chi connectivity index (χ4v) is 1.68. The largest absolute Gasteiger partial charge is 0.412 e. The fourth-order valence-electron chi connectivity index (χ4n) is 1.68. The molecule has 0 aromatic carbocycles. The molecule has 15 heavy (non-hydrogen) atoms. The number of hydrogen-bond acceptors (Lipinski definition) is 1. The van der Waals surface area contributed by atoms with Crippen LogP contribution in [0.15, 0.2) is 18.7 Å². The quantitative estimate of drug-likeness (QED) is 0.641. The van der Waals surface area contributed by atoms with Crippen LogP contribution in [0.3, 0.4) is 0 Å². The molecule has 3 nitrogen and oxygen atoms in total. The molecule has 0 aliphatic rings. The van der Waals surface area contributed by atoms with E-state index in [1.165, 1.54) is 32.1 Å². The van der Waals surface area contributed by atoms with Crippen molar-refractivity contribution in [1.29, 1.82) is 0 Å². The predicted octanol–water partition coefficient (Wildman–Crippen LogP) is 2.66. The summed E-state index contributed by atoms with van der Waals surface area (Å²) in [6.45, 7) is 5.73. The van der Waals surface area contributed by atoms with Gasteiger partial charge in [-0.25, -0.2) is 4.98 Å². The molecule has 2 N–H and O–H groups in total. The normalized spacial score (nSPS) is 12.1. The van der Waals surface area contributed by atoms with Gasteiger partial charge in [-0.3, -0.25) is 0 Å². The van der Waals surface area contributed by atoms with Crippen molar-refractivity contribution in [2.45, 2.75) is 52.5 Å². The maximum atomic E-state index is 4.04. The molecule has 0 spiro atoms. The summed E-state index contributed by atoms with van der Waals surface area (Å²) in [5, 5.41) is 0. The molecule has 1 heterocycles. The van der Waals surface area contributed by atoms with Crippen molar-refractivity contribution in [2.24, 2.45) is 5.92 Å². The van der Waals surface area contributed by atoms with Gasteiger partial charge in [0.1, 0.15) is 0 Å². The number of hydrogen-bond donors (Lipinski definition) is 0. The lowest BCUT2D eigenvalue weighted by molar-refractivity contribution is 0.432. The average Bonchev–Trinajstić information content (AvgIpc) is 2.68. The van der Waals surface area contributed by atoms with Crippen LogP contribution in [0.1, 0.15) is 46.0 Å². The lowest BCUT2D eigenvalue weighted by Gasteiger charge is -2.10. The number of imidazole rings is 1. The second-order valence-corrected chi connectivity index (χ2v) is 4.19. The summed E-state index contributed by atoms with van der Waals surface area (Å²) in [5.74, 6) is 0.851. The third-order valence-corrected chi connectivity index (χ3v) is 2.74. The summed E-state index contributed by atoms with van der Waals surface area (Å²) in [7, 11) is 0. The van der Waals surface area contributed by atoms with Crippen LogP contribution in [0.5, 0.6) is 0 Å². The molecule has 0 saturated heterocycles. The van der Waals surface area contributed by atoms with Gasteiger partial charge in [0.2, 0.25) is 0 Å². The number of aryl methyl sites for hydroxylation is 1. The standard InChI is InChI=1S/C12H22N2.H2O/c1-3-4-5-6-12(2)7-9-14-10-8-13-11-14;/h8,10-12H,3-7,9H2,1-2H3;1H2. The minimum Gasteiger partial charge on any atom is -0.412 e. The highest BCUT2D eigenvalue weighted by Crippen LogP contribution is 2.13. The molecule has 1 rings (SSSR count). The van der Waals surface area contributed by atoms with Crippen molar-refractivity contribution in [2.75, 3.05) is 0 Å². The Morgan fingerprint density at radius 2 is 2.07 bits per heavy atom. The van der Waals surface area contributed by atoms with Gasteiger partial charge in [0, 0.05) is 18.9 Å². The Bertz CT molecular complexity index is 222. The van der Waals surface area contributed by atoms with Crippen LogP contribution >= 0.6 is 0 Å². The van der Waals surface area contributed by atoms with E-state index in [1.54, 1.807) is 0 Å².